The summed E-state index contributed by atoms with van der Waals surface area (Å²) in [5.74, 6) is 1.54. The maximum absolute atomic E-state index is 8.58. The molecule has 1 fully saturated rings. The van der Waals surface area contributed by atoms with Crippen molar-refractivity contribution in [2.24, 2.45) is 0 Å². The average molecular weight is 530 g/mol. The lowest BCUT2D eigenvalue weighted by atomic mass is 10.1. The van der Waals surface area contributed by atoms with Gasteiger partial charge >= 0.3 is 0 Å². The fraction of sp³-hybridized carbons (Fsp3) is 0.739. The van der Waals surface area contributed by atoms with Crippen molar-refractivity contribution in [1.82, 2.24) is 9.80 Å². The molecule has 1 aromatic carbocycles. The molecular weight excluding hydrogens is 487 g/mol. The van der Waals surface area contributed by atoms with Crippen LogP contribution in [0, 0.1) is 0 Å². The summed E-state index contributed by atoms with van der Waals surface area (Å²) in [5.41, 5.74) is 1.24. The third kappa shape index (κ3) is 13.9. The van der Waals surface area contributed by atoms with Gasteiger partial charge in [-0.05, 0) is 17.7 Å². The van der Waals surface area contributed by atoms with Gasteiger partial charge in [0.1, 0.15) is 0 Å². The van der Waals surface area contributed by atoms with Crippen LogP contribution >= 0.6 is 24.8 Å². The Balaban J connectivity index is 0.00000544. The predicted octanol–water partition coefficient (Wildman–Crippen LogP) is 1.72. The zero-order valence-corrected chi connectivity index (χ0v) is 22.1. The molecule has 0 spiro atoms. The van der Waals surface area contributed by atoms with E-state index in [1.54, 1.807) is 14.2 Å². The molecule has 200 valence electrons. The van der Waals surface area contributed by atoms with E-state index in [1.165, 1.54) is 5.56 Å². The molecule has 0 amide bonds. The summed E-state index contributed by atoms with van der Waals surface area (Å²) in [6.45, 7) is 10.4. The van der Waals surface area contributed by atoms with Gasteiger partial charge in [-0.2, -0.15) is 0 Å². The van der Waals surface area contributed by atoms with Crippen molar-refractivity contribution in [2.75, 3.05) is 106 Å². The number of hydrogen-bond acceptors (Lipinski definition) is 9. The Morgan fingerprint density at radius 1 is 0.676 bits per heavy atom. The Kier molecular flexibility index (Phi) is 20.9. The van der Waals surface area contributed by atoms with Crippen molar-refractivity contribution >= 4 is 24.8 Å². The Morgan fingerprint density at radius 3 is 1.71 bits per heavy atom. The quantitative estimate of drug-likeness (QED) is 0.286. The van der Waals surface area contributed by atoms with Gasteiger partial charge in [-0.1, -0.05) is 6.07 Å². The van der Waals surface area contributed by atoms with Crippen LogP contribution < -0.4 is 9.47 Å². The van der Waals surface area contributed by atoms with Crippen LogP contribution in [0.4, 0.5) is 0 Å². The minimum atomic E-state index is 0. The molecule has 0 atom stereocenters. The molecule has 1 aliphatic rings. The average Bonchev–Trinajstić information content (AvgIpc) is 2.83. The molecule has 0 bridgehead atoms. The van der Waals surface area contributed by atoms with Crippen LogP contribution in [-0.2, 0) is 25.5 Å². The maximum atomic E-state index is 8.58. The molecule has 34 heavy (non-hydrogen) atoms. The molecule has 0 unspecified atom stereocenters. The Hall–Kier alpha value is -0.880. The summed E-state index contributed by atoms with van der Waals surface area (Å²) in [5, 5.41) is 8.58. The van der Waals surface area contributed by atoms with E-state index in [9.17, 15) is 0 Å². The van der Waals surface area contributed by atoms with Crippen LogP contribution in [-0.4, -0.2) is 121 Å². The van der Waals surface area contributed by atoms with E-state index in [0.29, 0.717) is 46.2 Å². The topological polar surface area (TPSA) is 82.1 Å². The number of ether oxygens (including phenoxy) is 6. The predicted molar refractivity (Wildman–Crippen MR) is 136 cm³/mol. The van der Waals surface area contributed by atoms with Gasteiger partial charge < -0.3 is 33.5 Å². The van der Waals surface area contributed by atoms with Crippen LogP contribution in [0.2, 0.25) is 0 Å². The summed E-state index contributed by atoms with van der Waals surface area (Å²) in [6, 6.07) is 6.12. The van der Waals surface area contributed by atoms with Crippen LogP contribution in [0.3, 0.4) is 0 Å². The molecular formula is C23H42Cl2N2O7. The molecule has 0 aromatic heterocycles. The van der Waals surface area contributed by atoms with E-state index in [0.717, 1.165) is 57.4 Å². The summed E-state index contributed by atoms with van der Waals surface area (Å²) < 4.78 is 32.4. The van der Waals surface area contributed by atoms with Crippen LogP contribution in [0.15, 0.2) is 18.2 Å². The summed E-state index contributed by atoms with van der Waals surface area (Å²) in [4.78, 5) is 4.91. The summed E-state index contributed by atoms with van der Waals surface area (Å²) in [6.07, 6.45) is 0. The maximum Gasteiger partial charge on any atom is 0.161 e. The molecule has 1 aromatic rings. The molecule has 0 aliphatic carbocycles. The second-order valence-corrected chi connectivity index (χ2v) is 7.48. The SMILES string of the molecule is COc1ccc(CN2CCN(CCOCCOCCOCCOCCO)CC2)cc1OC.Cl.Cl. The van der Waals surface area contributed by atoms with Gasteiger partial charge in [0.2, 0.25) is 0 Å². The number of hydrogen-bond donors (Lipinski definition) is 1. The van der Waals surface area contributed by atoms with Crippen molar-refractivity contribution in [3.05, 3.63) is 23.8 Å². The minimum Gasteiger partial charge on any atom is -0.493 e. The highest BCUT2D eigenvalue weighted by Crippen LogP contribution is 2.28. The molecule has 1 saturated heterocycles. The number of benzene rings is 1. The lowest BCUT2D eigenvalue weighted by molar-refractivity contribution is -0.00830. The van der Waals surface area contributed by atoms with Gasteiger partial charge in [-0.3, -0.25) is 9.80 Å². The van der Waals surface area contributed by atoms with Crippen LogP contribution in [0.25, 0.3) is 0 Å². The van der Waals surface area contributed by atoms with Gasteiger partial charge in [0, 0.05) is 39.3 Å². The molecule has 11 heteroatoms. The molecule has 0 radical (unpaired) electrons. The van der Waals surface area contributed by atoms with Crippen molar-refractivity contribution < 1.29 is 33.5 Å². The number of rotatable bonds is 18. The number of methoxy groups -OCH3 is 2. The highest BCUT2D eigenvalue weighted by atomic mass is 35.5. The number of nitrogens with zero attached hydrogens (tertiary/aromatic N) is 2. The van der Waals surface area contributed by atoms with Crippen molar-refractivity contribution in [2.45, 2.75) is 6.54 Å². The molecule has 9 nitrogen and oxygen atoms in total. The normalized spacial score (nSPS) is 14.3. The van der Waals surface area contributed by atoms with Gasteiger partial charge in [-0.15, -0.1) is 24.8 Å². The molecule has 1 heterocycles. The first-order valence-corrected chi connectivity index (χ1v) is 11.3. The van der Waals surface area contributed by atoms with Gasteiger partial charge in [0.05, 0.1) is 73.7 Å². The van der Waals surface area contributed by atoms with E-state index >= 15 is 0 Å². The van der Waals surface area contributed by atoms with E-state index in [1.807, 2.05) is 6.07 Å². The van der Waals surface area contributed by atoms with Crippen LogP contribution in [0.5, 0.6) is 11.5 Å². The molecule has 1 aliphatic heterocycles. The Bertz CT molecular complexity index is 609. The van der Waals surface area contributed by atoms with E-state index in [2.05, 4.69) is 21.9 Å². The van der Waals surface area contributed by atoms with Gasteiger partial charge in [0.25, 0.3) is 0 Å². The Morgan fingerprint density at radius 2 is 1.18 bits per heavy atom. The van der Waals surface area contributed by atoms with Crippen LogP contribution in [0.1, 0.15) is 5.56 Å². The fourth-order valence-electron chi connectivity index (χ4n) is 3.43. The monoisotopic (exact) mass is 528 g/mol. The second kappa shape index (κ2) is 21.4. The lowest BCUT2D eigenvalue weighted by Crippen LogP contribution is -2.46. The molecule has 0 saturated carbocycles. The first-order chi connectivity index (χ1) is 15.8. The second-order valence-electron chi connectivity index (χ2n) is 7.48. The zero-order valence-electron chi connectivity index (χ0n) is 20.4. The third-order valence-corrected chi connectivity index (χ3v) is 5.22. The fourth-order valence-corrected chi connectivity index (χ4v) is 3.43. The largest absolute Gasteiger partial charge is 0.493 e. The third-order valence-electron chi connectivity index (χ3n) is 5.22. The Labute approximate surface area is 216 Å². The first kappa shape index (κ1) is 33.1. The van der Waals surface area contributed by atoms with E-state index in [4.69, 9.17) is 33.5 Å². The number of aliphatic hydroxyl groups is 1. The van der Waals surface area contributed by atoms with Crippen molar-refractivity contribution in [1.29, 1.82) is 0 Å². The molecule has 2 rings (SSSR count). The lowest BCUT2D eigenvalue weighted by Gasteiger charge is -2.34. The van der Waals surface area contributed by atoms with E-state index in [-0.39, 0.29) is 31.4 Å². The smallest absolute Gasteiger partial charge is 0.161 e. The number of piperazine rings is 1. The number of aliphatic hydroxyl groups excluding tert-OH is 1. The van der Waals surface area contributed by atoms with E-state index < -0.39 is 0 Å². The van der Waals surface area contributed by atoms with Gasteiger partial charge in [0.15, 0.2) is 11.5 Å². The summed E-state index contributed by atoms with van der Waals surface area (Å²) >= 11 is 0. The van der Waals surface area contributed by atoms with Crippen molar-refractivity contribution in [3.63, 3.8) is 0 Å². The first-order valence-electron chi connectivity index (χ1n) is 11.3. The highest BCUT2D eigenvalue weighted by molar-refractivity contribution is 5.85. The number of halogens is 2. The van der Waals surface area contributed by atoms with Crippen molar-refractivity contribution in [3.8, 4) is 11.5 Å². The molecule has 1 N–H and O–H groups in total. The van der Waals surface area contributed by atoms with Gasteiger partial charge in [-0.25, -0.2) is 0 Å². The summed E-state index contributed by atoms with van der Waals surface area (Å²) in [7, 11) is 3.33. The standard InChI is InChI=1S/C23H40N2O7.2ClH/c1-27-22-4-3-21(19-23(22)28-2)20-25-7-5-24(6-8-25)9-11-29-13-15-31-17-18-32-16-14-30-12-10-26;;/h3-4,19,26H,5-18,20H2,1-2H3;2*1H. The highest BCUT2D eigenvalue weighted by Gasteiger charge is 2.17. The minimum absolute atomic E-state index is 0. The zero-order chi connectivity index (χ0) is 22.9.